The molecule has 0 aliphatic rings. The van der Waals surface area contributed by atoms with Gasteiger partial charge in [-0.15, -0.1) is 11.3 Å². The average molecular weight is 372 g/mol. The Labute approximate surface area is 151 Å². The van der Waals surface area contributed by atoms with Crippen molar-refractivity contribution in [3.63, 3.8) is 0 Å². The first-order chi connectivity index (χ1) is 12.1. The third-order valence-electron chi connectivity index (χ3n) is 3.72. The second-order valence-corrected chi connectivity index (χ2v) is 6.63. The van der Waals surface area contributed by atoms with Gasteiger partial charge in [-0.05, 0) is 24.3 Å². The summed E-state index contributed by atoms with van der Waals surface area (Å²) in [5.41, 5.74) is 2.16. The van der Waals surface area contributed by atoms with Crippen LogP contribution in [0.25, 0.3) is 16.2 Å². The number of imidazole rings is 1. The Morgan fingerprint density at radius 3 is 2.72 bits per heavy atom. The first kappa shape index (κ1) is 15.8. The van der Waals surface area contributed by atoms with Crippen LogP contribution < -0.4 is 5.32 Å². The van der Waals surface area contributed by atoms with Gasteiger partial charge in [0.25, 0.3) is 5.91 Å². The summed E-state index contributed by atoms with van der Waals surface area (Å²) in [6.07, 6.45) is 3.89. The van der Waals surface area contributed by atoms with Crippen molar-refractivity contribution < 1.29 is 9.18 Å². The van der Waals surface area contributed by atoms with Crippen LogP contribution in [0.2, 0.25) is 5.02 Å². The summed E-state index contributed by atoms with van der Waals surface area (Å²) in [5.74, 6) is -1.24. The van der Waals surface area contributed by atoms with Crippen LogP contribution in [0, 0.1) is 5.82 Å². The molecule has 0 aliphatic heterocycles. The van der Waals surface area contributed by atoms with Crippen LogP contribution in [-0.2, 0) is 0 Å². The Morgan fingerprint density at radius 2 is 2.00 bits per heavy atom. The van der Waals surface area contributed by atoms with Crippen LogP contribution >= 0.6 is 22.9 Å². The molecule has 0 saturated carbocycles. The first-order valence-corrected chi connectivity index (χ1v) is 8.65. The predicted octanol–water partition coefficient (Wildman–Crippen LogP) is 5.11. The number of amides is 1. The van der Waals surface area contributed by atoms with E-state index in [1.807, 2.05) is 34.3 Å². The Balaban J connectivity index is 1.56. The summed E-state index contributed by atoms with van der Waals surface area (Å²) in [4.78, 5) is 17.7. The fraction of sp³-hybridized carbons (Fsp3) is 0. The highest BCUT2D eigenvalue weighted by molar-refractivity contribution is 7.15. The minimum absolute atomic E-state index is 0.0761. The number of halogens is 2. The van der Waals surface area contributed by atoms with E-state index in [1.165, 1.54) is 18.2 Å². The molecule has 1 amide bonds. The second kappa shape index (κ2) is 6.31. The van der Waals surface area contributed by atoms with E-state index in [2.05, 4.69) is 10.3 Å². The highest BCUT2D eigenvalue weighted by atomic mass is 35.5. The lowest BCUT2D eigenvalue weighted by molar-refractivity contribution is 0.102. The van der Waals surface area contributed by atoms with Crippen LogP contribution in [0.4, 0.5) is 10.1 Å². The molecule has 4 aromatic rings. The first-order valence-electron chi connectivity index (χ1n) is 7.40. The Bertz CT molecular complexity index is 1020. The number of rotatable bonds is 3. The molecule has 25 heavy (non-hydrogen) atoms. The molecule has 0 spiro atoms. The summed E-state index contributed by atoms with van der Waals surface area (Å²) in [7, 11) is 0. The molecular formula is C18H11ClFN3OS. The van der Waals surface area contributed by atoms with Crippen molar-refractivity contribution in [1.29, 1.82) is 0 Å². The zero-order valence-corrected chi connectivity index (χ0v) is 14.3. The number of carbonyl (C=O) groups is 1. The van der Waals surface area contributed by atoms with Gasteiger partial charge < -0.3 is 5.32 Å². The number of fused-ring (bicyclic) bond motifs is 1. The van der Waals surface area contributed by atoms with Gasteiger partial charge in [-0.3, -0.25) is 9.20 Å². The summed E-state index contributed by atoms with van der Waals surface area (Å²) in [6.45, 7) is 0. The maximum atomic E-state index is 13.8. The SMILES string of the molecule is O=C(Nc1ccc(-c2cn3ccsc3n2)cc1)c1c(F)cccc1Cl. The number of benzene rings is 2. The quantitative estimate of drug-likeness (QED) is 0.544. The molecule has 4 rings (SSSR count). The minimum Gasteiger partial charge on any atom is -0.322 e. The number of hydrogen-bond donors (Lipinski definition) is 1. The summed E-state index contributed by atoms with van der Waals surface area (Å²) < 4.78 is 15.8. The van der Waals surface area contributed by atoms with E-state index in [-0.39, 0.29) is 10.6 Å². The van der Waals surface area contributed by atoms with E-state index in [0.717, 1.165) is 16.2 Å². The topological polar surface area (TPSA) is 46.4 Å². The molecular weight excluding hydrogens is 361 g/mol. The van der Waals surface area contributed by atoms with Gasteiger partial charge in [0, 0.05) is 29.0 Å². The molecule has 0 bridgehead atoms. The molecule has 7 heteroatoms. The largest absolute Gasteiger partial charge is 0.322 e. The molecule has 0 fully saturated rings. The van der Waals surface area contributed by atoms with Gasteiger partial charge in [-0.2, -0.15) is 0 Å². The Morgan fingerprint density at radius 1 is 1.20 bits per heavy atom. The van der Waals surface area contributed by atoms with Gasteiger partial charge in [0.05, 0.1) is 16.3 Å². The highest BCUT2D eigenvalue weighted by Gasteiger charge is 2.16. The van der Waals surface area contributed by atoms with Crippen molar-refractivity contribution in [3.8, 4) is 11.3 Å². The number of anilines is 1. The molecule has 2 aromatic carbocycles. The van der Waals surface area contributed by atoms with E-state index < -0.39 is 11.7 Å². The molecule has 1 N–H and O–H groups in total. The third-order valence-corrected chi connectivity index (χ3v) is 4.81. The number of nitrogens with zero attached hydrogens (tertiary/aromatic N) is 2. The van der Waals surface area contributed by atoms with E-state index in [0.29, 0.717) is 5.69 Å². The fourth-order valence-electron chi connectivity index (χ4n) is 2.50. The zero-order chi connectivity index (χ0) is 17.4. The fourth-order valence-corrected chi connectivity index (χ4v) is 3.45. The van der Waals surface area contributed by atoms with Gasteiger partial charge in [-0.25, -0.2) is 9.37 Å². The van der Waals surface area contributed by atoms with Gasteiger partial charge in [0.15, 0.2) is 4.96 Å². The maximum Gasteiger partial charge on any atom is 0.260 e. The van der Waals surface area contributed by atoms with Crippen molar-refractivity contribution in [3.05, 3.63) is 76.6 Å². The third kappa shape index (κ3) is 3.01. The van der Waals surface area contributed by atoms with Crippen molar-refractivity contribution in [2.24, 2.45) is 0 Å². The van der Waals surface area contributed by atoms with Gasteiger partial charge in [0.1, 0.15) is 5.82 Å². The summed E-state index contributed by atoms with van der Waals surface area (Å²) >= 11 is 7.47. The molecule has 0 aliphatic carbocycles. The maximum absolute atomic E-state index is 13.8. The number of aromatic nitrogens is 2. The number of nitrogens with one attached hydrogen (secondary N) is 1. The summed E-state index contributed by atoms with van der Waals surface area (Å²) in [5, 5.41) is 4.70. The van der Waals surface area contributed by atoms with Crippen molar-refractivity contribution in [2.75, 3.05) is 5.32 Å². The monoisotopic (exact) mass is 371 g/mol. The highest BCUT2D eigenvalue weighted by Crippen LogP contribution is 2.24. The zero-order valence-electron chi connectivity index (χ0n) is 12.7. The molecule has 0 atom stereocenters. The van der Waals surface area contributed by atoms with Gasteiger partial charge >= 0.3 is 0 Å². The van der Waals surface area contributed by atoms with Crippen LogP contribution in [0.3, 0.4) is 0 Å². The van der Waals surface area contributed by atoms with Crippen LogP contribution in [0.15, 0.2) is 60.2 Å². The van der Waals surface area contributed by atoms with E-state index in [9.17, 15) is 9.18 Å². The van der Waals surface area contributed by atoms with E-state index in [4.69, 9.17) is 11.6 Å². The standard InChI is InChI=1S/C18H11ClFN3OS/c19-13-2-1-3-14(20)16(13)17(24)21-12-6-4-11(5-7-12)15-10-23-8-9-25-18(23)22-15/h1-10H,(H,21,24). The molecule has 0 saturated heterocycles. The Kier molecular flexibility index (Phi) is 3.99. The Hall–Kier alpha value is -2.70. The van der Waals surface area contributed by atoms with E-state index >= 15 is 0 Å². The number of thiazole rings is 1. The average Bonchev–Trinajstić information content (AvgIpc) is 3.17. The lowest BCUT2D eigenvalue weighted by atomic mass is 10.1. The van der Waals surface area contributed by atoms with E-state index in [1.54, 1.807) is 23.5 Å². The lowest BCUT2D eigenvalue weighted by Gasteiger charge is -2.08. The lowest BCUT2D eigenvalue weighted by Crippen LogP contribution is -2.14. The normalized spacial score (nSPS) is 11.0. The summed E-state index contributed by atoms with van der Waals surface area (Å²) in [6, 6.07) is 11.3. The molecule has 124 valence electrons. The van der Waals surface area contributed by atoms with Crippen LogP contribution in [-0.4, -0.2) is 15.3 Å². The minimum atomic E-state index is -0.653. The molecule has 0 radical (unpaired) electrons. The molecule has 2 aromatic heterocycles. The van der Waals surface area contributed by atoms with Crippen LogP contribution in [0.5, 0.6) is 0 Å². The second-order valence-electron chi connectivity index (χ2n) is 5.35. The van der Waals surface area contributed by atoms with Crippen molar-refractivity contribution in [2.45, 2.75) is 0 Å². The van der Waals surface area contributed by atoms with Crippen molar-refractivity contribution >= 4 is 39.5 Å². The van der Waals surface area contributed by atoms with Crippen LogP contribution in [0.1, 0.15) is 10.4 Å². The predicted molar refractivity (Wildman–Crippen MR) is 97.9 cm³/mol. The molecule has 4 nitrogen and oxygen atoms in total. The molecule has 2 heterocycles. The van der Waals surface area contributed by atoms with Crippen molar-refractivity contribution in [1.82, 2.24) is 9.38 Å². The number of carbonyl (C=O) groups excluding carboxylic acids is 1. The molecule has 0 unspecified atom stereocenters. The van der Waals surface area contributed by atoms with Gasteiger partial charge in [0.2, 0.25) is 0 Å². The smallest absolute Gasteiger partial charge is 0.260 e. The number of hydrogen-bond acceptors (Lipinski definition) is 3. The van der Waals surface area contributed by atoms with Gasteiger partial charge in [-0.1, -0.05) is 29.8 Å².